The van der Waals surface area contributed by atoms with Gasteiger partial charge in [0.05, 0.1) is 0 Å². The fraction of sp³-hybridized carbons (Fsp3) is 0.667. The number of hydrogen-bond acceptors (Lipinski definition) is 3. The highest BCUT2D eigenvalue weighted by molar-refractivity contribution is 9.10. The predicted molar refractivity (Wildman–Crippen MR) is 89.9 cm³/mol. The number of hydrogen-bond donors (Lipinski definition) is 1. The summed E-state index contributed by atoms with van der Waals surface area (Å²) in [5.41, 5.74) is 1.30. The molecule has 0 fully saturated rings. The lowest BCUT2D eigenvalue weighted by molar-refractivity contribution is 0.549. The van der Waals surface area contributed by atoms with Gasteiger partial charge in [-0.15, -0.1) is 0 Å². The van der Waals surface area contributed by atoms with Crippen LogP contribution in [-0.2, 0) is 6.42 Å². The SMILES string of the molecule is CCCNC(CSC(C)CC)Cc1cncc(Br)c1. The number of pyridine rings is 1. The van der Waals surface area contributed by atoms with E-state index in [9.17, 15) is 0 Å². The molecule has 0 aliphatic heterocycles. The Bertz CT molecular complexity index is 360. The van der Waals surface area contributed by atoms with Crippen molar-refractivity contribution in [3.8, 4) is 0 Å². The summed E-state index contributed by atoms with van der Waals surface area (Å²) in [5, 5.41) is 4.40. The van der Waals surface area contributed by atoms with E-state index in [2.05, 4.69) is 64.8 Å². The Morgan fingerprint density at radius 3 is 2.79 bits per heavy atom. The van der Waals surface area contributed by atoms with Crippen molar-refractivity contribution in [3.63, 3.8) is 0 Å². The van der Waals surface area contributed by atoms with E-state index in [0.29, 0.717) is 6.04 Å². The first-order valence-electron chi connectivity index (χ1n) is 7.10. The molecule has 1 heterocycles. The average molecular weight is 345 g/mol. The highest BCUT2D eigenvalue weighted by atomic mass is 79.9. The summed E-state index contributed by atoms with van der Waals surface area (Å²) in [6.07, 6.45) is 7.28. The summed E-state index contributed by atoms with van der Waals surface area (Å²) in [5.74, 6) is 1.17. The van der Waals surface area contributed by atoms with Crippen molar-refractivity contribution in [2.24, 2.45) is 0 Å². The number of nitrogens with one attached hydrogen (secondary N) is 1. The lowest BCUT2D eigenvalue weighted by Gasteiger charge is -2.20. The lowest BCUT2D eigenvalue weighted by atomic mass is 10.1. The second-order valence-corrected chi connectivity index (χ2v) is 7.31. The van der Waals surface area contributed by atoms with Gasteiger partial charge in [-0.25, -0.2) is 0 Å². The third kappa shape index (κ3) is 7.33. The Morgan fingerprint density at radius 1 is 1.37 bits per heavy atom. The van der Waals surface area contributed by atoms with Crippen LogP contribution < -0.4 is 5.32 Å². The Hall–Kier alpha value is -0.0600. The van der Waals surface area contributed by atoms with Crippen LogP contribution in [0.2, 0.25) is 0 Å². The summed E-state index contributed by atoms with van der Waals surface area (Å²) >= 11 is 5.55. The molecule has 4 heteroatoms. The van der Waals surface area contributed by atoms with Crippen LogP contribution in [0.1, 0.15) is 39.2 Å². The van der Waals surface area contributed by atoms with Gasteiger partial charge in [0.1, 0.15) is 0 Å². The van der Waals surface area contributed by atoms with E-state index < -0.39 is 0 Å². The average Bonchev–Trinajstić information content (AvgIpc) is 2.41. The lowest BCUT2D eigenvalue weighted by Crippen LogP contribution is -2.34. The van der Waals surface area contributed by atoms with Crippen molar-refractivity contribution in [1.29, 1.82) is 0 Å². The van der Waals surface area contributed by atoms with Gasteiger partial charge in [-0.3, -0.25) is 4.98 Å². The van der Waals surface area contributed by atoms with Crippen molar-refractivity contribution in [1.82, 2.24) is 10.3 Å². The molecule has 0 spiro atoms. The second-order valence-electron chi connectivity index (χ2n) is 4.92. The van der Waals surface area contributed by atoms with Gasteiger partial charge < -0.3 is 5.32 Å². The largest absolute Gasteiger partial charge is 0.313 e. The molecule has 0 amide bonds. The van der Waals surface area contributed by atoms with Crippen LogP contribution in [-0.4, -0.2) is 28.6 Å². The maximum absolute atomic E-state index is 4.25. The summed E-state index contributed by atoms with van der Waals surface area (Å²) in [6.45, 7) is 7.87. The summed E-state index contributed by atoms with van der Waals surface area (Å²) in [4.78, 5) is 4.25. The molecule has 108 valence electrons. The fourth-order valence-electron chi connectivity index (χ4n) is 1.79. The van der Waals surface area contributed by atoms with E-state index >= 15 is 0 Å². The summed E-state index contributed by atoms with van der Waals surface area (Å²) in [7, 11) is 0. The number of rotatable bonds is 9. The zero-order valence-electron chi connectivity index (χ0n) is 12.2. The molecule has 0 bridgehead atoms. The molecule has 0 radical (unpaired) electrons. The molecule has 1 N–H and O–H groups in total. The smallest absolute Gasteiger partial charge is 0.0410 e. The van der Waals surface area contributed by atoms with Crippen LogP contribution in [0.5, 0.6) is 0 Å². The van der Waals surface area contributed by atoms with Crippen LogP contribution in [0.4, 0.5) is 0 Å². The minimum Gasteiger partial charge on any atom is -0.313 e. The quantitative estimate of drug-likeness (QED) is 0.723. The van der Waals surface area contributed by atoms with Crippen LogP contribution in [0.25, 0.3) is 0 Å². The summed E-state index contributed by atoms with van der Waals surface area (Å²) < 4.78 is 1.06. The van der Waals surface area contributed by atoms with Gasteiger partial charge in [-0.05, 0) is 53.4 Å². The highest BCUT2D eigenvalue weighted by Gasteiger charge is 2.11. The van der Waals surface area contributed by atoms with Gasteiger partial charge in [0, 0.05) is 33.9 Å². The van der Waals surface area contributed by atoms with Crippen LogP contribution >= 0.6 is 27.7 Å². The highest BCUT2D eigenvalue weighted by Crippen LogP contribution is 2.17. The predicted octanol–water partition coefficient (Wildman–Crippen LogP) is 4.29. The molecule has 1 rings (SSSR count). The number of aromatic nitrogens is 1. The summed E-state index contributed by atoms with van der Waals surface area (Å²) in [6, 6.07) is 2.71. The zero-order chi connectivity index (χ0) is 14.1. The van der Waals surface area contributed by atoms with Crippen molar-refractivity contribution in [2.45, 2.75) is 51.3 Å². The van der Waals surface area contributed by atoms with E-state index in [1.807, 2.05) is 12.4 Å². The van der Waals surface area contributed by atoms with Crippen LogP contribution in [0.15, 0.2) is 22.9 Å². The molecule has 2 unspecified atom stereocenters. The molecule has 2 nitrogen and oxygen atoms in total. The molecule has 0 aliphatic carbocycles. The Morgan fingerprint density at radius 2 is 2.16 bits per heavy atom. The van der Waals surface area contributed by atoms with Crippen molar-refractivity contribution >= 4 is 27.7 Å². The van der Waals surface area contributed by atoms with Gasteiger partial charge >= 0.3 is 0 Å². The molecule has 2 atom stereocenters. The Labute approximate surface area is 130 Å². The van der Waals surface area contributed by atoms with Crippen LogP contribution in [0, 0.1) is 0 Å². The molecule has 0 saturated carbocycles. The first kappa shape index (κ1) is 17.0. The van der Waals surface area contributed by atoms with Gasteiger partial charge in [0.2, 0.25) is 0 Å². The molecule has 0 aliphatic rings. The zero-order valence-corrected chi connectivity index (χ0v) is 14.6. The minimum atomic E-state index is 0.537. The van der Waals surface area contributed by atoms with Gasteiger partial charge in [-0.2, -0.15) is 11.8 Å². The van der Waals surface area contributed by atoms with E-state index in [0.717, 1.165) is 22.7 Å². The fourth-order valence-corrected chi connectivity index (χ4v) is 3.23. The molecule has 0 aromatic carbocycles. The first-order valence-corrected chi connectivity index (χ1v) is 8.94. The number of thioether (sulfide) groups is 1. The van der Waals surface area contributed by atoms with Crippen LogP contribution in [0.3, 0.4) is 0 Å². The number of nitrogens with zero attached hydrogens (tertiary/aromatic N) is 1. The maximum atomic E-state index is 4.25. The number of halogens is 1. The third-order valence-electron chi connectivity index (χ3n) is 3.08. The monoisotopic (exact) mass is 344 g/mol. The topological polar surface area (TPSA) is 24.9 Å². The Balaban J connectivity index is 2.53. The van der Waals surface area contributed by atoms with Gasteiger partial charge in [0.25, 0.3) is 0 Å². The van der Waals surface area contributed by atoms with Crippen molar-refractivity contribution in [3.05, 3.63) is 28.5 Å². The van der Waals surface area contributed by atoms with E-state index in [4.69, 9.17) is 0 Å². The van der Waals surface area contributed by atoms with Gasteiger partial charge in [-0.1, -0.05) is 20.8 Å². The molecule has 1 aromatic rings. The van der Waals surface area contributed by atoms with Gasteiger partial charge in [0.15, 0.2) is 0 Å². The minimum absolute atomic E-state index is 0.537. The maximum Gasteiger partial charge on any atom is 0.0410 e. The Kier molecular flexibility index (Phi) is 8.75. The normalized spacial score (nSPS) is 14.3. The first-order chi connectivity index (χ1) is 9.15. The molecule has 0 saturated heterocycles. The molecular weight excluding hydrogens is 320 g/mol. The molecule has 19 heavy (non-hydrogen) atoms. The second kappa shape index (κ2) is 9.78. The van der Waals surface area contributed by atoms with E-state index in [1.165, 1.54) is 24.2 Å². The van der Waals surface area contributed by atoms with E-state index in [1.54, 1.807) is 0 Å². The van der Waals surface area contributed by atoms with E-state index in [-0.39, 0.29) is 0 Å². The van der Waals surface area contributed by atoms with Crippen molar-refractivity contribution in [2.75, 3.05) is 12.3 Å². The standard InChI is InChI=1S/C15H25BrN2S/c1-4-6-18-15(11-19-12(3)5-2)8-13-7-14(16)10-17-9-13/h7,9-10,12,15,18H,4-6,8,11H2,1-3H3. The molecule has 1 aromatic heterocycles. The van der Waals surface area contributed by atoms with Crippen molar-refractivity contribution < 1.29 is 0 Å². The third-order valence-corrected chi connectivity index (χ3v) is 5.01. The molecular formula is C15H25BrN2S.